The van der Waals surface area contributed by atoms with E-state index in [-0.39, 0.29) is 6.04 Å². The van der Waals surface area contributed by atoms with E-state index in [4.69, 9.17) is 10.5 Å². The van der Waals surface area contributed by atoms with Gasteiger partial charge in [-0.25, -0.2) is 0 Å². The van der Waals surface area contributed by atoms with Crippen LogP contribution in [0.15, 0.2) is 11.8 Å². The van der Waals surface area contributed by atoms with E-state index in [0.717, 1.165) is 38.0 Å². The highest BCUT2D eigenvalue weighted by molar-refractivity contribution is 5.06. The predicted molar refractivity (Wildman–Crippen MR) is 55.3 cm³/mol. The second-order valence-corrected chi connectivity index (χ2v) is 3.70. The Kier molecular flexibility index (Phi) is 4.29. The molecule has 0 spiro atoms. The highest BCUT2D eigenvalue weighted by Crippen LogP contribution is 2.21. The summed E-state index contributed by atoms with van der Waals surface area (Å²) in [5.41, 5.74) is 6.12. The summed E-state index contributed by atoms with van der Waals surface area (Å²) in [6.07, 6.45) is 6.70. The molecule has 1 atom stereocenters. The van der Waals surface area contributed by atoms with Gasteiger partial charge in [-0.1, -0.05) is 26.7 Å². The molecule has 0 saturated carbocycles. The summed E-state index contributed by atoms with van der Waals surface area (Å²) < 4.78 is 5.56. The molecule has 76 valence electrons. The van der Waals surface area contributed by atoms with Crippen LogP contribution in [0.5, 0.6) is 0 Å². The summed E-state index contributed by atoms with van der Waals surface area (Å²) >= 11 is 0. The molecular formula is C11H21NO. The van der Waals surface area contributed by atoms with Crippen LogP contribution in [0, 0.1) is 5.92 Å². The number of rotatable bonds is 4. The number of ether oxygens (including phenoxy) is 1. The van der Waals surface area contributed by atoms with Crippen LogP contribution in [-0.2, 0) is 4.74 Å². The topological polar surface area (TPSA) is 35.2 Å². The molecule has 1 rings (SSSR count). The molecule has 0 aromatic carbocycles. The smallest absolute Gasteiger partial charge is 0.109 e. The third kappa shape index (κ3) is 2.73. The zero-order valence-corrected chi connectivity index (χ0v) is 8.75. The van der Waals surface area contributed by atoms with Gasteiger partial charge >= 0.3 is 0 Å². The fourth-order valence-corrected chi connectivity index (χ4v) is 1.84. The van der Waals surface area contributed by atoms with Crippen molar-refractivity contribution in [2.75, 3.05) is 6.61 Å². The molecule has 1 aliphatic heterocycles. The average Bonchev–Trinajstić information content (AvgIpc) is 2.21. The van der Waals surface area contributed by atoms with Crippen LogP contribution < -0.4 is 5.73 Å². The molecular weight excluding hydrogens is 162 g/mol. The van der Waals surface area contributed by atoms with E-state index >= 15 is 0 Å². The zero-order chi connectivity index (χ0) is 9.68. The van der Waals surface area contributed by atoms with Gasteiger partial charge in [-0.15, -0.1) is 0 Å². The number of hydrogen-bond donors (Lipinski definition) is 1. The normalized spacial score (nSPS) is 19.5. The van der Waals surface area contributed by atoms with Crippen LogP contribution in [0.4, 0.5) is 0 Å². The van der Waals surface area contributed by atoms with Crippen LogP contribution in [0.3, 0.4) is 0 Å². The van der Waals surface area contributed by atoms with Crippen LogP contribution in [-0.4, -0.2) is 12.6 Å². The molecule has 0 amide bonds. The van der Waals surface area contributed by atoms with E-state index in [1.807, 2.05) is 0 Å². The van der Waals surface area contributed by atoms with E-state index in [2.05, 4.69) is 19.9 Å². The van der Waals surface area contributed by atoms with E-state index in [0.29, 0.717) is 5.92 Å². The molecule has 0 fully saturated rings. The SMILES string of the molecule is CCC(CC)C(N)C1=CCCCO1. The minimum absolute atomic E-state index is 0.121. The van der Waals surface area contributed by atoms with Crippen LogP contribution in [0.2, 0.25) is 0 Å². The highest BCUT2D eigenvalue weighted by atomic mass is 16.5. The Morgan fingerprint density at radius 3 is 2.62 bits per heavy atom. The third-order valence-corrected chi connectivity index (χ3v) is 2.85. The summed E-state index contributed by atoms with van der Waals surface area (Å²) in [6.45, 7) is 5.23. The molecule has 2 heteroatoms. The summed E-state index contributed by atoms with van der Waals surface area (Å²) in [4.78, 5) is 0. The standard InChI is InChI=1S/C11H21NO/c1-3-9(4-2)11(12)10-7-5-6-8-13-10/h7,9,11H,3-6,8,12H2,1-2H3. The summed E-state index contributed by atoms with van der Waals surface area (Å²) in [5.74, 6) is 1.60. The Balaban J connectivity index is 2.53. The molecule has 0 aliphatic carbocycles. The Hall–Kier alpha value is -0.500. The molecule has 0 saturated heterocycles. The lowest BCUT2D eigenvalue weighted by molar-refractivity contribution is 0.159. The molecule has 1 unspecified atom stereocenters. The van der Waals surface area contributed by atoms with E-state index in [1.165, 1.54) is 0 Å². The van der Waals surface area contributed by atoms with Crippen molar-refractivity contribution in [1.29, 1.82) is 0 Å². The maximum absolute atomic E-state index is 6.12. The van der Waals surface area contributed by atoms with Crippen molar-refractivity contribution in [2.24, 2.45) is 11.7 Å². The first-order valence-corrected chi connectivity index (χ1v) is 5.38. The summed E-state index contributed by atoms with van der Waals surface area (Å²) in [5, 5.41) is 0. The number of hydrogen-bond acceptors (Lipinski definition) is 2. The molecule has 1 aliphatic rings. The minimum Gasteiger partial charge on any atom is -0.497 e. The van der Waals surface area contributed by atoms with Gasteiger partial charge in [0.1, 0.15) is 5.76 Å². The second-order valence-electron chi connectivity index (χ2n) is 3.70. The van der Waals surface area contributed by atoms with Gasteiger partial charge in [0.15, 0.2) is 0 Å². The van der Waals surface area contributed by atoms with Gasteiger partial charge in [0.25, 0.3) is 0 Å². The van der Waals surface area contributed by atoms with Gasteiger partial charge < -0.3 is 10.5 Å². The molecule has 2 nitrogen and oxygen atoms in total. The van der Waals surface area contributed by atoms with E-state index < -0.39 is 0 Å². The number of nitrogens with two attached hydrogens (primary N) is 1. The Morgan fingerprint density at radius 2 is 2.15 bits per heavy atom. The fraction of sp³-hybridized carbons (Fsp3) is 0.818. The van der Waals surface area contributed by atoms with Crippen LogP contribution in [0.1, 0.15) is 39.5 Å². The molecule has 0 aromatic rings. The maximum atomic E-state index is 6.12. The molecule has 0 radical (unpaired) electrons. The lowest BCUT2D eigenvalue weighted by Gasteiger charge is -2.26. The lowest BCUT2D eigenvalue weighted by atomic mass is 9.92. The largest absolute Gasteiger partial charge is 0.497 e. The van der Waals surface area contributed by atoms with Crippen molar-refractivity contribution >= 4 is 0 Å². The molecule has 0 aromatic heterocycles. The maximum Gasteiger partial charge on any atom is 0.109 e. The van der Waals surface area contributed by atoms with Crippen molar-refractivity contribution in [3.8, 4) is 0 Å². The highest BCUT2D eigenvalue weighted by Gasteiger charge is 2.20. The average molecular weight is 183 g/mol. The third-order valence-electron chi connectivity index (χ3n) is 2.85. The first kappa shape index (κ1) is 10.6. The van der Waals surface area contributed by atoms with Gasteiger partial charge in [0, 0.05) is 0 Å². The van der Waals surface area contributed by atoms with Gasteiger partial charge in [0.05, 0.1) is 12.6 Å². The summed E-state index contributed by atoms with van der Waals surface area (Å²) in [7, 11) is 0. The van der Waals surface area contributed by atoms with Crippen LogP contribution >= 0.6 is 0 Å². The van der Waals surface area contributed by atoms with Gasteiger partial charge in [-0.3, -0.25) is 0 Å². The summed E-state index contributed by atoms with van der Waals surface area (Å²) in [6, 6.07) is 0.121. The first-order valence-electron chi connectivity index (χ1n) is 5.38. The first-order chi connectivity index (χ1) is 6.29. The lowest BCUT2D eigenvalue weighted by Crippen LogP contribution is -2.33. The van der Waals surface area contributed by atoms with Crippen LogP contribution in [0.25, 0.3) is 0 Å². The minimum atomic E-state index is 0.121. The van der Waals surface area contributed by atoms with E-state index in [9.17, 15) is 0 Å². The van der Waals surface area contributed by atoms with Crippen molar-refractivity contribution in [3.63, 3.8) is 0 Å². The molecule has 1 heterocycles. The Bertz CT molecular complexity index is 173. The van der Waals surface area contributed by atoms with E-state index in [1.54, 1.807) is 0 Å². The van der Waals surface area contributed by atoms with Gasteiger partial charge in [-0.05, 0) is 24.8 Å². The molecule has 0 bridgehead atoms. The van der Waals surface area contributed by atoms with Crippen molar-refractivity contribution in [1.82, 2.24) is 0 Å². The quantitative estimate of drug-likeness (QED) is 0.726. The van der Waals surface area contributed by atoms with Crippen molar-refractivity contribution in [2.45, 2.75) is 45.6 Å². The zero-order valence-electron chi connectivity index (χ0n) is 8.75. The molecule has 2 N–H and O–H groups in total. The Morgan fingerprint density at radius 1 is 1.46 bits per heavy atom. The Labute approximate surface area is 81.1 Å². The fourth-order valence-electron chi connectivity index (χ4n) is 1.84. The van der Waals surface area contributed by atoms with Gasteiger partial charge in [-0.2, -0.15) is 0 Å². The number of allylic oxidation sites excluding steroid dienone is 1. The monoisotopic (exact) mass is 183 g/mol. The van der Waals surface area contributed by atoms with Crippen molar-refractivity contribution in [3.05, 3.63) is 11.8 Å². The second kappa shape index (κ2) is 5.28. The van der Waals surface area contributed by atoms with Gasteiger partial charge in [0.2, 0.25) is 0 Å². The predicted octanol–water partition coefficient (Wildman–Crippen LogP) is 2.44. The molecule has 13 heavy (non-hydrogen) atoms. The van der Waals surface area contributed by atoms with Crippen molar-refractivity contribution < 1.29 is 4.74 Å².